The molecule has 0 radical (unpaired) electrons. The smallest absolute Gasteiger partial charge is 0.250 e. The summed E-state index contributed by atoms with van der Waals surface area (Å²) in [5, 5.41) is 2.77. The second kappa shape index (κ2) is 8.31. The maximum atomic E-state index is 7.06. The van der Waals surface area contributed by atoms with Gasteiger partial charge in [0.05, 0.1) is 0 Å². The van der Waals surface area contributed by atoms with Gasteiger partial charge in [-0.3, -0.25) is 0 Å². The topological polar surface area (TPSA) is 35.2 Å². The van der Waals surface area contributed by atoms with Gasteiger partial charge in [-0.1, -0.05) is 99.1 Å². The zero-order chi connectivity index (χ0) is 23.1. The van der Waals surface area contributed by atoms with Crippen molar-refractivity contribution >= 4 is 36.4 Å². The summed E-state index contributed by atoms with van der Waals surface area (Å²) in [5.41, 5.74) is 11.7. The van der Waals surface area contributed by atoms with Gasteiger partial charge in [-0.25, -0.2) is 0 Å². The second-order valence-electron chi connectivity index (χ2n) is 9.78. The first-order chi connectivity index (χ1) is 15.1. The van der Waals surface area contributed by atoms with Crippen LogP contribution in [0.3, 0.4) is 0 Å². The van der Waals surface area contributed by atoms with E-state index in [2.05, 4.69) is 64.2 Å². The lowest BCUT2D eigenvalue weighted by Gasteiger charge is -2.38. The van der Waals surface area contributed by atoms with Crippen molar-refractivity contribution in [3.05, 3.63) is 83.9 Å². The van der Waals surface area contributed by atoms with Crippen molar-refractivity contribution in [3.63, 3.8) is 0 Å². The normalized spacial score (nSPS) is 12.2. The van der Waals surface area contributed by atoms with Crippen LogP contribution in [0, 0.1) is 0 Å². The van der Waals surface area contributed by atoms with Gasteiger partial charge in [0.1, 0.15) is 5.75 Å². The van der Waals surface area contributed by atoms with Gasteiger partial charge >= 0.3 is 0 Å². The molecule has 164 valence electrons. The van der Waals surface area contributed by atoms with Gasteiger partial charge in [0.25, 0.3) is 8.32 Å². The summed E-state index contributed by atoms with van der Waals surface area (Å²) < 4.78 is 7.06. The standard InChI is InChI=1S/C28H30ClNOSi/c1-28(2,3)32(4,5)31-27-23-17-10-9-16-22(23)26(30)24(19-12-7-6-8-13-19)25(27)20-14-11-15-21(29)18-20/h6-18H,30H2,1-5H3. The zero-order valence-electron chi connectivity index (χ0n) is 19.4. The maximum Gasteiger partial charge on any atom is 0.250 e. The van der Waals surface area contributed by atoms with Crippen molar-refractivity contribution in [2.45, 2.75) is 38.9 Å². The van der Waals surface area contributed by atoms with E-state index in [9.17, 15) is 0 Å². The largest absolute Gasteiger partial charge is 0.543 e. The van der Waals surface area contributed by atoms with Crippen molar-refractivity contribution in [1.29, 1.82) is 0 Å². The average Bonchev–Trinajstić information content (AvgIpc) is 2.75. The molecule has 0 atom stereocenters. The predicted molar refractivity (Wildman–Crippen MR) is 142 cm³/mol. The number of benzene rings is 4. The fourth-order valence-corrected chi connectivity index (χ4v) is 4.99. The molecule has 0 unspecified atom stereocenters. The summed E-state index contributed by atoms with van der Waals surface area (Å²) in [6.45, 7) is 11.3. The molecule has 0 aromatic heterocycles. The Bertz CT molecular complexity index is 1280. The summed E-state index contributed by atoms with van der Waals surface area (Å²) in [7, 11) is -2.16. The maximum absolute atomic E-state index is 7.06. The first kappa shape index (κ1) is 22.4. The van der Waals surface area contributed by atoms with Crippen LogP contribution in [0.4, 0.5) is 5.69 Å². The molecule has 0 bridgehead atoms. The molecular weight excluding hydrogens is 430 g/mol. The molecule has 0 fully saturated rings. The molecule has 0 spiro atoms. The Hall–Kier alpha value is -2.75. The number of anilines is 1. The summed E-state index contributed by atoms with van der Waals surface area (Å²) in [6.07, 6.45) is 0. The van der Waals surface area contributed by atoms with Crippen LogP contribution in [0.2, 0.25) is 23.2 Å². The van der Waals surface area contributed by atoms with E-state index in [0.29, 0.717) is 5.02 Å². The Kier molecular flexibility index (Phi) is 5.82. The number of hydrogen-bond donors (Lipinski definition) is 1. The van der Waals surface area contributed by atoms with Gasteiger partial charge in [-0.15, -0.1) is 0 Å². The van der Waals surface area contributed by atoms with Gasteiger partial charge < -0.3 is 10.2 Å². The van der Waals surface area contributed by atoms with Crippen LogP contribution in [-0.2, 0) is 0 Å². The molecule has 4 aromatic carbocycles. The molecule has 0 amide bonds. The fourth-order valence-electron chi connectivity index (χ4n) is 3.77. The molecular formula is C28H30ClNOSi. The third kappa shape index (κ3) is 4.03. The van der Waals surface area contributed by atoms with E-state index in [-0.39, 0.29) is 5.04 Å². The summed E-state index contributed by atoms with van der Waals surface area (Å²) in [5.74, 6) is 0.891. The van der Waals surface area contributed by atoms with Gasteiger partial charge in [-0.05, 0) is 41.4 Å². The quantitative estimate of drug-likeness (QED) is 0.244. The molecule has 0 aliphatic rings. The Morgan fingerprint density at radius 3 is 1.97 bits per heavy atom. The second-order valence-corrected chi connectivity index (χ2v) is 14.9. The van der Waals surface area contributed by atoms with E-state index >= 15 is 0 Å². The number of rotatable bonds is 4. The average molecular weight is 460 g/mol. The van der Waals surface area contributed by atoms with Crippen LogP contribution in [0.15, 0.2) is 78.9 Å². The monoisotopic (exact) mass is 459 g/mol. The number of halogens is 1. The lowest BCUT2D eigenvalue weighted by atomic mass is 9.88. The molecule has 4 aromatic rings. The van der Waals surface area contributed by atoms with Gasteiger partial charge in [0.15, 0.2) is 0 Å². The van der Waals surface area contributed by atoms with E-state index in [4.69, 9.17) is 21.8 Å². The molecule has 0 aliphatic heterocycles. The molecule has 2 nitrogen and oxygen atoms in total. The lowest BCUT2D eigenvalue weighted by Crippen LogP contribution is -2.44. The minimum atomic E-state index is -2.16. The fraction of sp³-hybridized carbons (Fsp3) is 0.214. The Morgan fingerprint density at radius 2 is 1.34 bits per heavy atom. The van der Waals surface area contributed by atoms with Crippen LogP contribution in [0.1, 0.15) is 20.8 Å². The molecule has 0 aliphatic carbocycles. The van der Waals surface area contributed by atoms with E-state index in [1.54, 1.807) is 0 Å². The highest BCUT2D eigenvalue weighted by molar-refractivity contribution is 6.75. The SMILES string of the molecule is CC(C)(C)[Si](C)(C)Oc1c(-c2cccc(Cl)c2)c(-c2ccccc2)c(N)c2ccccc12. The van der Waals surface area contributed by atoms with E-state index in [1.807, 2.05) is 48.5 Å². The van der Waals surface area contributed by atoms with Crippen molar-refractivity contribution in [1.82, 2.24) is 0 Å². The van der Waals surface area contributed by atoms with Gasteiger partial charge in [0, 0.05) is 32.6 Å². The third-order valence-corrected chi connectivity index (χ3v) is 11.1. The molecule has 32 heavy (non-hydrogen) atoms. The summed E-state index contributed by atoms with van der Waals surface area (Å²) >= 11 is 6.45. The van der Waals surface area contributed by atoms with Crippen LogP contribution in [0.5, 0.6) is 5.75 Å². The Labute approximate surface area is 197 Å². The van der Waals surface area contributed by atoms with E-state index in [1.165, 1.54) is 0 Å². The van der Waals surface area contributed by atoms with Crippen LogP contribution < -0.4 is 10.2 Å². The predicted octanol–water partition coefficient (Wildman–Crippen LogP) is 8.79. The van der Waals surface area contributed by atoms with Crippen molar-refractivity contribution in [2.24, 2.45) is 0 Å². The molecule has 0 saturated carbocycles. The molecule has 0 saturated heterocycles. The molecule has 0 heterocycles. The van der Waals surface area contributed by atoms with E-state index in [0.717, 1.165) is 44.5 Å². The van der Waals surface area contributed by atoms with Crippen LogP contribution in [0.25, 0.3) is 33.0 Å². The van der Waals surface area contributed by atoms with E-state index < -0.39 is 8.32 Å². The van der Waals surface area contributed by atoms with Crippen LogP contribution in [-0.4, -0.2) is 8.32 Å². The highest BCUT2D eigenvalue weighted by Crippen LogP contribution is 2.51. The van der Waals surface area contributed by atoms with Gasteiger partial charge in [-0.2, -0.15) is 0 Å². The minimum Gasteiger partial charge on any atom is -0.543 e. The summed E-state index contributed by atoms with van der Waals surface area (Å²) in [6, 6.07) is 26.5. The number of nitrogen functional groups attached to an aromatic ring is 1. The molecule has 4 heteroatoms. The van der Waals surface area contributed by atoms with Crippen molar-refractivity contribution in [2.75, 3.05) is 5.73 Å². The number of hydrogen-bond acceptors (Lipinski definition) is 2. The number of fused-ring (bicyclic) bond motifs is 1. The molecule has 2 N–H and O–H groups in total. The highest BCUT2D eigenvalue weighted by Gasteiger charge is 2.40. The van der Waals surface area contributed by atoms with Crippen molar-refractivity contribution < 1.29 is 4.43 Å². The summed E-state index contributed by atoms with van der Waals surface area (Å²) in [4.78, 5) is 0. The molecule has 4 rings (SSSR count). The zero-order valence-corrected chi connectivity index (χ0v) is 21.1. The first-order valence-corrected chi connectivity index (χ1v) is 14.2. The van der Waals surface area contributed by atoms with Crippen LogP contribution >= 0.6 is 11.6 Å². The first-order valence-electron chi connectivity index (χ1n) is 10.9. The Balaban J connectivity index is 2.17. The number of nitrogens with two attached hydrogens (primary N) is 1. The lowest BCUT2D eigenvalue weighted by molar-refractivity contribution is 0.498. The van der Waals surface area contributed by atoms with Crippen molar-refractivity contribution in [3.8, 4) is 28.0 Å². The third-order valence-electron chi connectivity index (χ3n) is 6.55. The Morgan fingerprint density at radius 1 is 0.750 bits per heavy atom. The minimum absolute atomic E-state index is 0.0496. The highest BCUT2D eigenvalue weighted by atomic mass is 35.5. The van der Waals surface area contributed by atoms with Gasteiger partial charge in [0.2, 0.25) is 0 Å².